The van der Waals surface area contributed by atoms with Crippen LogP contribution in [0.2, 0.25) is 0 Å². The molecule has 0 spiro atoms. The quantitative estimate of drug-likeness (QED) is 0.782. The maximum atomic E-state index is 12.2. The van der Waals surface area contributed by atoms with Gasteiger partial charge in [-0.3, -0.25) is 9.36 Å². The Kier molecular flexibility index (Phi) is 2.85. The highest BCUT2D eigenvalue weighted by Gasteiger charge is 2.14. The van der Waals surface area contributed by atoms with Crippen molar-refractivity contribution >= 4 is 5.78 Å². The number of ketones is 1. The third-order valence-corrected chi connectivity index (χ3v) is 3.75. The number of hydrogen-bond donors (Lipinski definition) is 0. The van der Waals surface area contributed by atoms with E-state index in [-0.39, 0.29) is 18.0 Å². The molecular formula is C15H16N2O2. The van der Waals surface area contributed by atoms with Crippen molar-refractivity contribution in [2.24, 2.45) is 7.05 Å². The van der Waals surface area contributed by atoms with Crippen LogP contribution in [0.25, 0.3) is 0 Å². The van der Waals surface area contributed by atoms with Crippen molar-refractivity contribution in [3.8, 4) is 0 Å². The SMILES string of the molecule is Cn1ccn(CC(=O)c2ccc3c(c2)CCC3)c1=O. The first-order valence-electron chi connectivity index (χ1n) is 6.52. The summed E-state index contributed by atoms with van der Waals surface area (Å²) >= 11 is 0. The van der Waals surface area contributed by atoms with Gasteiger partial charge in [0.15, 0.2) is 5.78 Å². The molecule has 0 radical (unpaired) electrons. The highest BCUT2D eigenvalue weighted by Crippen LogP contribution is 2.23. The zero-order chi connectivity index (χ0) is 13.4. The van der Waals surface area contributed by atoms with Crippen LogP contribution in [0.4, 0.5) is 0 Å². The lowest BCUT2D eigenvalue weighted by Crippen LogP contribution is -2.25. The number of aryl methyl sites for hydroxylation is 3. The third-order valence-electron chi connectivity index (χ3n) is 3.75. The average molecular weight is 256 g/mol. The number of carbonyl (C=O) groups is 1. The second kappa shape index (κ2) is 4.53. The molecule has 0 saturated carbocycles. The lowest BCUT2D eigenvalue weighted by molar-refractivity contribution is 0.0970. The Bertz CT molecular complexity index is 694. The molecule has 19 heavy (non-hydrogen) atoms. The fourth-order valence-electron chi connectivity index (χ4n) is 2.62. The van der Waals surface area contributed by atoms with Crippen LogP contribution in [-0.2, 0) is 26.4 Å². The summed E-state index contributed by atoms with van der Waals surface area (Å²) in [5, 5.41) is 0. The molecule has 0 atom stereocenters. The lowest BCUT2D eigenvalue weighted by Gasteiger charge is -2.04. The predicted molar refractivity (Wildman–Crippen MR) is 72.5 cm³/mol. The minimum atomic E-state index is -0.158. The fraction of sp³-hybridized carbons (Fsp3) is 0.333. The van der Waals surface area contributed by atoms with E-state index >= 15 is 0 Å². The molecule has 2 aromatic rings. The molecule has 0 N–H and O–H groups in total. The first kappa shape index (κ1) is 12.0. The summed E-state index contributed by atoms with van der Waals surface area (Å²) in [7, 11) is 1.68. The molecule has 1 heterocycles. The Morgan fingerprint density at radius 2 is 2.00 bits per heavy atom. The number of aromatic nitrogens is 2. The number of rotatable bonds is 3. The number of benzene rings is 1. The average Bonchev–Trinajstić information content (AvgIpc) is 2.99. The number of imidazole rings is 1. The van der Waals surface area contributed by atoms with E-state index in [9.17, 15) is 9.59 Å². The molecule has 1 aromatic carbocycles. The van der Waals surface area contributed by atoms with Crippen LogP contribution < -0.4 is 5.69 Å². The molecule has 0 unspecified atom stereocenters. The van der Waals surface area contributed by atoms with Crippen molar-refractivity contribution in [2.75, 3.05) is 0 Å². The van der Waals surface area contributed by atoms with Crippen molar-refractivity contribution in [3.05, 3.63) is 57.8 Å². The maximum absolute atomic E-state index is 12.2. The van der Waals surface area contributed by atoms with E-state index < -0.39 is 0 Å². The molecule has 4 nitrogen and oxygen atoms in total. The van der Waals surface area contributed by atoms with E-state index in [2.05, 4.69) is 0 Å². The molecule has 0 bridgehead atoms. The van der Waals surface area contributed by atoms with Gasteiger partial charge in [-0.1, -0.05) is 12.1 Å². The normalized spacial score (nSPS) is 13.5. The Morgan fingerprint density at radius 1 is 1.21 bits per heavy atom. The number of carbonyl (C=O) groups excluding carboxylic acids is 1. The Hall–Kier alpha value is -2.10. The summed E-state index contributed by atoms with van der Waals surface area (Å²) in [5.41, 5.74) is 3.19. The van der Waals surface area contributed by atoms with Gasteiger partial charge in [-0.25, -0.2) is 4.79 Å². The zero-order valence-electron chi connectivity index (χ0n) is 10.9. The van der Waals surface area contributed by atoms with Gasteiger partial charge in [0.05, 0.1) is 6.54 Å². The smallest absolute Gasteiger partial charge is 0.302 e. The summed E-state index contributed by atoms with van der Waals surface area (Å²) in [6.07, 6.45) is 6.65. The molecule has 1 aromatic heterocycles. The van der Waals surface area contributed by atoms with Crippen LogP contribution in [0.3, 0.4) is 0 Å². The van der Waals surface area contributed by atoms with Crippen LogP contribution in [0.1, 0.15) is 27.9 Å². The second-order valence-electron chi connectivity index (χ2n) is 5.08. The minimum Gasteiger partial charge on any atom is -0.302 e. The van der Waals surface area contributed by atoms with Crippen LogP contribution in [0.15, 0.2) is 35.4 Å². The van der Waals surface area contributed by atoms with Crippen LogP contribution in [-0.4, -0.2) is 14.9 Å². The van der Waals surface area contributed by atoms with Crippen molar-refractivity contribution in [1.82, 2.24) is 9.13 Å². The number of Topliss-reactive ketones (excluding diaryl/α,β-unsaturated/α-hetero) is 1. The molecule has 1 aliphatic carbocycles. The van der Waals surface area contributed by atoms with Gasteiger partial charge in [0.2, 0.25) is 0 Å². The monoisotopic (exact) mass is 256 g/mol. The lowest BCUT2D eigenvalue weighted by atomic mass is 10.0. The third kappa shape index (κ3) is 2.14. The minimum absolute atomic E-state index is 0.0111. The molecule has 0 saturated heterocycles. The van der Waals surface area contributed by atoms with Crippen LogP contribution >= 0.6 is 0 Å². The van der Waals surface area contributed by atoms with Crippen molar-refractivity contribution < 1.29 is 4.79 Å². The van der Waals surface area contributed by atoms with Gasteiger partial charge in [0.25, 0.3) is 0 Å². The highest BCUT2D eigenvalue weighted by molar-refractivity contribution is 5.96. The van der Waals surface area contributed by atoms with E-state index in [0.29, 0.717) is 5.56 Å². The zero-order valence-corrected chi connectivity index (χ0v) is 10.9. The summed E-state index contributed by atoms with van der Waals surface area (Å²) in [5.74, 6) is -0.0111. The van der Waals surface area contributed by atoms with E-state index in [0.717, 1.165) is 12.8 Å². The number of nitrogens with zero attached hydrogens (tertiary/aromatic N) is 2. The second-order valence-corrected chi connectivity index (χ2v) is 5.08. The van der Waals surface area contributed by atoms with Crippen LogP contribution in [0, 0.1) is 0 Å². The molecule has 98 valence electrons. The summed E-state index contributed by atoms with van der Waals surface area (Å²) in [6, 6.07) is 5.91. The number of hydrogen-bond acceptors (Lipinski definition) is 2. The van der Waals surface area contributed by atoms with Gasteiger partial charge in [0, 0.05) is 25.0 Å². The molecule has 4 heteroatoms. The molecule has 3 rings (SSSR count). The topological polar surface area (TPSA) is 44.0 Å². The van der Waals surface area contributed by atoms with Gasteiger partial charge in [-0.2, -0.15) is 0 Å². The van der Waals surface area contributed by atoms with Gasteiger partial charge < -0.3 is 4.57 Å². The van der Waals surface area contributed by atoms with E-state index in [1.807, 2.05) is 18.2 Å². The van der Waals surface area contributed by atoms with Gasteiger partial charge in [-0.05, 0) is 36.5 Å². The molecule has 0 fully saturated rings. The van der Waals surface area contributed by atoms with E-state index in [4.69, 9.17) is 0 Å². The first-order valence-corrected chi connectivity index (χ1v) is 6.52. The highest BCUT2D eigenvalue weighted by atomic mass is 16.2. The fourth-order valence-corrected chi connectivity index (χ4v) is 2.62. The van der Waals surface area contributed by atoms with Crippen molar-refractivity contribution in [1.29, 1.82) is 0 Å². The van der Waals surface area contributed by atoms with E-state index in [1.54, 1.807) is 19.4 Å². The van der Waals surface area contributed by atoms with Crippen molar-refractivity contribution in [2.45, 2.75) is 25.8 Å². The Balaban J connectivity index is 1.85. The largest absolute Gasteiger partial charge is 0.328 e. The van der Waals surface area contributed by atoms with Gasteiger partial charge in [0.1, 0.15) is 0 Å². The maximum Gasteiger partial charge on any atom is 0.328 e. The van der Waals surface area contributed by atoms with Gasteiger partial charge in [-0.15, -0.1) is 0 Å². The number of fused-ring (bicyclic) bond motifs is 1. The first-order chi connectivity index (χ1) is 9.15. The molecule has 0 amide bonds. The Labute approximate surface area is 111 Å². The summed E-state index contributed by atoms with van der Waals surface area (Å²) in [4.78, 5) is 23.9. The summed E-state index contributed by atoms with van der Waals surface area (Å²) < 4.78 is 2.91. The molecule has 0 aliphatic heterocycles. The van der Waals surface area contributed by atoms with Crippen molar-refractivity contribution in [3.63, 3.8) is 0 Å². The summed E-state index contributed by atoms with van der Waals surface area (Å²) in [6.45, 7) is 0.110. The Morgan fingerprint density at radius 3 is 2.74 bits per heavy atom. The molecule has 1 aliphatic rings. The van der Waals surface area contributed by atoms with E-state index in [1.165, 1.54) is 26.7 Å². The van der Waals surface area contributed by atoms with Gasteiger partial charge >= 0.3 is 5.69 Å². The predicted octanol–water partition coefficient (Wildman–Crippen LogP) is 1.56. The standard InChI is InChI=1S/C15H16N2O2/c1-16-7-8-17(15(16)19)10-14(18)13-6-5-11-3-2-4-12(11)9-13/h5-9H,2-4,10H2,1H3. The van der Waals surface area contributed by atoms with Crippen LogP contribution in [0.5, 0.6) is 0 Å². The molecular weight excluding hydrogens is 240 g/mol.